The number of unbranched alkanes of at least 4 members (excludes halogenated alkanes) is 1. The predicted molar refractivity (Wildman–Crippen MR) is 85.9 cm³/mol. The lowest BCUT2D eigenvalue weighted by Crippen LogP contribution is -2.56. The topological polar surface area (TPSA) is 73.1 Å². The molecule has 0 saturated carbocycles. The third kappa shape index (κ3) is 4.12. The molecular formula is C17H21F3N2O3. The molecule has 0 bridgehead atoms. The van der Waals surface area contributed by atoms with Gasteiger partial charge in [0.05, 0.1) is 0 Å². The normalized spacial score (nSPS) is 20.7. The number of carbonyl (C=O) groups excluding carboxylic acids is 1. The Morgan fingerprint density at radius 3 is 2.60 bits per heavy atom. The van der Waals surface area contributed by atoms with Gasteiger partial charge < -0.3 is 10.2 Å². The molecule has 1 aromatic rings. The van der Waals surface area contributed by atoms with Gasteiger partial charge in [0.25, 0.3) is 5.72 Å². The lowest BCUT2D eigenvalue weighted by molar-refractivity contribution is -0.302. The SMILES string of the molecule is CCCCC1=NN(C(=O)CCc2ccccc2O)C(O)(C(F)(F)F)C1. The summed E-state index contributed by atoms with van der Waals surface area (Å²) in [6, 6.07) is 6.28. The number of benzene rings is 1. The highest BCUT2D eigenvalue weighted by Gasteiger charge is 2.62. The van der Waals surface area contributed by atoms with Gasteiger partial charge in [-0.15, -0.1) is 0 Å². The average Bonchev–Trinajstić information content (AvgIpc) is 2.90. The Kier molecular flexibility index (Phi) is 5.72. The van der Waals surface area contributed by atoms with E-state index < -0.39 is 24.2 Å². The summed E-state index contributed by atoms with van der Waals surface area (Å²) in [5.41, 5.74) is -2.69. The molecule has 1 atom stereocenters. The van der Waals surface area contributed by atoms with Crippen LogP contribution in [0.2, 0.25) is 0 Å². The quantitative estimate of drug-likeness (QED) is 0.819. The number of para-hydroxylation sites is 1. The summed E-state index contributed by atoms with van der Waals surface area (Å²) in [4.78, 5) is 12.3. The van der Waals surface area contributed by atoms with Gasteiger partial charge in [-0.25, -0.2) is 0 Å². The number of hydrogen-bond donors (Lipinski definition) is 2. The number of aryl methyl sites for hydroxylation is 1. The molecule has 1 aromatic carbocycles. The van der Waals surface area contributed by atoms with Crippen molar-refractivity contribution in [3.8, 4) is 5.75 Å². The molecule has 5 nitrogen and oxygen atoms in total. The zero-order chi connectivity index (χ0) is 18.7. The highest BCUT2D eigenvalue weighted by Crippen LogP contribution is 2.41. The van der Waals surface area contributed by atoms with Gasteiger partial charge in [-0.2, -0.15) is 23.3 Å². The fourth-order valence-corrected chi connectivity index (χ4v) is 2.69. The molecule has 0 aromatic heterocycles. The second kappa shape index (κ2) is 7.43. The summed E-state index contributed by atoms with van der Waals surface area (Å²) in [7, 11) is 0. The van der Waals surface area contributed by atoms with Crippen LogP contribution in [0.15, 0.2) is 29.4 Å². The highest BCUT2D eigenvalue weighted by molar-refractivity contribution is 5.90. The Hall–Kier alpha value is -2.09. The van der Waals surface area contributed by atoms with Crippen LogP contribution in [0, 0.1) is 0 Å². The van der Waals surface area contributed by atoms with E-state index in [9.17, 15) is 28.2 Å². The van der Waals surface area contributed by atoms with E-state index in [-0.39, 0.29) is 29.3 Å². The van der Waals surface area contributed by atoms with Gasteiger partial charge in [0.2, 0.25) is 5.91 Å². The van der Waals surface area contributed by atoms with Crippen molar-refractivity contribution >= 4 is 11.6 Å². The van der Waals surface area contributed by atoms with Crippen LogP contribution in [-0.4, -0.2) is 38.7 Å². The van der Waals surface area contributed by atoms with Crippen LogP contribution in [-0.2, 0) is 11.2 Å². The Morgan fingerprint density at radius 2 is 2.00 bits per heavy atom. The molecular weight excluding hydrogens is 337 g/mol. The van der Waals surface area contributed by atoms with Crippen molar-refractivity contribution in [1.29, 1.82) is 0 Å². The first-order valence-corrected chi connectivity index (χ1v) is 8.14. The van der Waals surface area contributed by atoms with E-state index in [1.807, 2.05) is 6.92 Å². The lowest BCUT2D eigenvalue weighted by atomic mass is 10.0. The van der Waals surface area contributed by atoms with Crippen molar-refractivity contribution in [3.63, 3.8) is 0 Å². The zero-order valence-corrected chi connectivity index (χ0v) is 13.9. The number of aromatic hydroxyl groups is 1. The Bertz CT molecular complexity index is 661. The minimum atomic E-state index is -5.00. The van der Waals surface area contributed by atoms with Crippen molar-refractivity contribution in [2.75, 3.05) is 0 Å². The van der Waals surface area contributed by atoms with Gasteiger partial charge in [0.15, 0.2) is 0 Å². The number of carbonyl (C=O) groups is 1. The molecule has 1 unspecified atom stereocenters. The molecule has 2 rings (SSSR count). The summed E-state index contributed by atoms with van der Waals surface area (Å²) in [6.45, 7) is 1.89. The highest BCUT2D eigenvalue weighted by atomic mass is 19.4. The summed E-state index contributed by atoms with van der Waals surface area (Å²) in [5, 5.41) is 23.7. The van der Waals surface area contributed by atoms with Crippen LogP contribution in [0.3, 0.4) is 0 Å². The van der Waals surface area contributed by atoms with Crippen LogP contribution >= 0.6 is 0 Å². The second-order valence-corrected chi connectivity index (χ2v) is 6.10. The number of nitrogens with zero attached hydrogens (tertiary/aromatic N) is 2. The number of phenolic OH excluding ortho intramolecular Hbond substituents is 1. The number of hydrazone groups is 1. The number of alkyl halides is 3. The molecule has 1 aliphatic rings. The van der Waals surface area contributed by atoms with E-state index in [0.29, 0.717) is 18.4 Å². The van der Waals surface area contributed by atoms with Crippen LogP contribution in [0.5, 0.6) is 5.75 Å². The van der Waals surface area contributed by atoms with E-state index in [0.717, 1.165) is 6.42 Å². The number of halogens is 3. The molecule has 0 spiro atoms. The monoisotopic (exact) mass is 358 g/mol. The largest absolute Gasteiger partial charge is 0.508 e. The van der Waals surface area contributed by atoms with E-state index >= 15 is 0 Å². The first-order valence-electron chi connectivity index (χ1n) is 8.14. The van der Waals surface area contributed by atoms with Crippen LogP contribution in [0.25, 0.3) is 0 Å². The second-order valence-electron chi connectivity index (χ2n) is 6.10. The van der Waals surface area contributed by atoms with Crippen LogP contribution in [0.4, 0.5) is 13.2 Å². The molecule has 8 heteroatoms. The standard InChI is InChI=1S/C17H21F3N2O3/c1-2-3-7-13-11-16(25,17(18,19)20)22(21-13)15(24)10-9-12-6-4-5-8-14(12)23/h4-6,8,23,25H,2-3,7,9-11H2,1H3. The number of hydrogen-bond acceptors (Lipinski definition) is 4. The molecule has 1 heterocycles. The van der Waals surface area contributed by atoms with Crippen molar-refractivity contribution in [1.82, 2.24) is 5.01 Å². The fourth-order valence-electron chi connectivity index (χ4n) is 2.69. The van der Waals surface area contributed by atoms with Crippen LogP contribution < -0.4 is 0 Å². The number of amides is 1. The lowest BCUT2D eigenvalue weighted by Gasteiger charge is -2.32. The van der Waals surface area contributed by atoms with Gasteiger partial charge >= 0.3 is 6.18 Å². The van der Waals surface area contributed by atoms with E-state index in [1.165, 1.54) is 6.07 Å². The van der Waals surface area contributed by atoms with Crippen LogP contribution in [0.1, 0.15) is 44.6 Å². The minimum absolute atomic E-state index is 0.0325. The van der Waals surface area contributed by atoms with Gasteiger partial charge in [0, 0.05) is 18.6 Å². The van der Waals surface area contributed by atoms with Gasteiger partial charge in [-0.1, -0.05) is 31.5 Å². The Morgan fingerprint density at radius 1 is 1.32 bits per heavy atom. The molecule has 0 aliphatic carbocycles. The maximum atomic E-state index is 13.3. The molecule has 2 N–H and O–H groups in total. The third-order valence-electron chi connectivity index (χ3n) is 4.15. The van der Waals surface area contributed by atoms with Crippen molar-refractivity contribution < 1.29 is 28.2 Å². The molecule has 25 heavy (non-hydrogen) atoms. The van der Waals surface area contributed by atoms with Crippen molar-refractivity contribution in [3.05, 3.63) is 29.8 Å². The fraction of sp³-hybridized carbons (Fsp3) is 0.529. The van der Waals surface area contributed by atoms with Gasteiger partial charge in [0.1, 0.15) is 5.75 Å². The summed E-state index contributed by atoms with van der Waals surface area (Å²) in [6.07, 6.45) is -4.28. The smallest absolute Gasteiger partial charge is 0.438 e. The average molecular weight is 358 g/mol. The molecule has 1 aliphatic heterocycles. The summed E-state index contributed by atoms with van der Waals surface area (Å²) >= 11 is 0. The first kappa shape index (κ1) is 19.2. The van der Waals surface area contributed by atoms with Crippen molar-refractivity contribution in [2.24, 2.45) is 5.10 Å². The molecule has 1 amide bonds. The third-order valence-corrected chi connectivity index (χ3v) is 4.15. The number of rotatable bonds is 6. The summed E-state index contributed by atoms with van der Waals surface area (Å²) < 4.78 is 40.0. The maximum absolute atomic E-state index is 13.3. The van der Waals surface area contributed by atoms with Gasteiger partial charge in [-0.3, -0.25) is 4.79 Å². The molecule has 0 fully saturated rings. The molecule has 0 radical (unpaired) electrons. The zero-order valence-electron chi connectivity index (χ0n) is 13.9. The minimum Gasteiger partial charge on any atom is -0.508 e. The Balaban J connectivity index is 2.15. The first-order chi connectivity index (χ1) is 11.7. The predicted octanol–water partition coefficient (Wildman–Crippen LogP) is 3.35. The number of phenols is 1. The molecule has 138 valence electrons. The Labute approximate surface area is 143 Å². The van der Waals surface area contributed by atoms with E-state index in [4.69, 9.17) is 0 Å². The van der Waals surface area contributed by atoms with E-state index in [1.54, 1.807) is 18.2 Å². The molecule has 0 saturated heterocycles. The maximum Gasteiger partial charge on any atom is 0.438 e. The summed E-state index contributed by atoms with van der Waals surface area (Å²) in [5.74, 6) is -0.968. The van der Waals surface area contributed by atoms with E-state index in [2.05, 4.69) is 5.10 Å². The van der Waals surface area contributed by atoms with Gasteiger partial charge in [-0.05, 0) is 30.9 Å². The number of aliphatic hydroxyl groups is 1. The van der Waals surface area contributed by atoms with Crippen molar-refractivity contribution in [2.45, 2.75) is 57.3 Å².